The summed E-state index contributed by atoms with van der Waals surface area (Å²) >= 11 is 1.48. The number of benzene rings is 2. The molecule has 5 heteroatoms. The first-order valence-corrected chi connectivity index (χ1v) is 8.02. The fraction of sp³-hybridized carbons (Fsp3) is 0.176. The monoisotopic (exact) mass is 312 g/mol. The lowest BCUT2D eigenvalue weighted by Gasteiger charge is -2.06. The molecule has 1 aromatic heterocycles. The highest BCUT2D eigenvalue weighted by molar-refractivity contribution is 7.99. The van der Waals surface area contributed by atoms with E-state index in [4.69, 9.17) is 4.74 Å². The topological polar surface area (TPSA) is 55.0 Å². The van der Waals surface area contributed by atoms with Crippen LogP contribution < -0.4 is 10.3 Å². The van der Waals surface area contributed by atoms with Crippen molar-refractivity contribution >= 4 is 22.7 Å². The van der Waals surface area contributed by atoms with Gasteiger partial charge in [-0.15, -0.1) is 0 Å². The second-order valence-corrected chi connectivity index (χ2v) is 5.98. The summed E-state index contributed by atoms with van der Waals surface area (Å²) in [5.41, 5.74) is 1.82. The molecule has 2 aromatic carbocycles. The molecule has 22 heavy (non-hydrogen) atoms. The highest BCUT2D eigenvalue weighted by atomic mass is 32.2. The Morgan fingerprint density at radius 1 is 1.14 bits per heavy atom. The Labute approximate surface area is 132 Å². The normalized spacial score (nSPS) is 10.8. The van der Waals surface area contributed by atoms with E-state index in [0.29, 0.717) is 22.7 Å². The van der Waals surface area contributed by atoms with E-state index in [1.165, 1.54) is 17.3 Å². The van der Waals surface area contributed by atoms with Crippen molar-refractivity contribution in [2.45, 2.75) is 12.1 Å². The van der Waals surface area contributed by atoms with Crippen molar-refractivity contribution in [3.05, 3.63) is 64.4 Å². The maximum atomic E-state index is 11.9. The van der Waals surface area contributed by atoms with E-state index >= 15 is 0 Å². The molecule has 0 amide bonds. The van der Waals surface area contributed by atoms with Crippen LogP contribution in [0, 0.1) is 6.92 Å². The molecule has 0 fully saturated rings. The molecule has 3 rings (SSSR count). The molecule has 3 aromatic rings. The van der Waals surface area contributed by atoms with E-state index in [1.54, 1.807) is 6.07 Å². The van der Waals surface area contributed by atoms with Crippen LogP contribution in [0.4, 0.5) is 0 Å². The minimum Gasteiger partial charge on any atom is -0.493 e. The smallest absolute Gasteiger partial charge is 0.259 e. The Morgan fingerprint density at radius 2 is 1.91 bits per heavy atom. The van der Waals surface area contributed by atoms with Gasteiger partial charge in [0.1, 0.15) is 5.75 Å². The Hall–Kier alpha value is -2.27. The summed E-state index contributed by atoms with van der Waals surface area (Å²) in [5, 5.41) is 1.24. The number of hydrogen-bond donors (Lipinski definition) is 1. The molecule has 0 aliphatic rings. The summed E-state index contributed by atoms with van der Waals surface area (Å²) in [7, 11) is 0. The number of rotatable bonds is 5. The van der Waals surface area contributed by atoms with Crippen LogP contribution in [0.15, 0.2) is 58.5 Å². The first-order valence-electron chi connectivity index (χ1n) is 7.04. The zero-order valence-electron chi connectivity index (χ0n) is 12.2. The molecular formula is C17H16N2O2S. The number of thioether (sulfide) groups is 1. The van der Waals surface area contributed by atoms with Crippen molar-refractivity contribution in [2.24, 2.45) is 0 Å². The molecule has 0 saturated heterocycles. The average molecular weight is 312 g/mol. The fourth-order valence-electron chi connectivity index (χ4n) is 2.07. The lowest BCUT2D eigenvalue weighted by molar-refractivity contribution is 0.344. The van der Waals surface area contributed by atoms with Crippen molar-refractivity contribution in [3.8, 4) is 5.75 Å². The SMILES string of the molecule is Cc1ccc(OCCSc2nc3ccccc3c(=O)[nH]2)cc1. The molecule has 0 radical (unpaired) electrons. The van der Waals surface area contributed by atoms with Gasteiger partial charge in [0.05, 0.1) is 17.5 Å². The van der Waals surface area contributed by atoms with Crippen LogP contribution in [-0.2, 0) is 0 Å². The second-order valence-electron chi connectivity index (χ2n) is 4.90. The Balaban J connectivity index is 1.60. The number of nitrogens with zero attached hydrogens (tertiary/aromatic N) is 1. The summed E-state index contributed by atoms with van der Waals surface area (Å²) in [5.74, 6) is 1.57. The van der Waals surface area contributed by atoms with Crippen molar-refractivity contribution in [3.63, 3.8) is 0 Å². The van der Waals surface area contributed by atoms with Crippen LogP contribution in [0.3, 0.4) is 0 Å². The van der Waals surface area contributed by atoms with Crippen LogP contribution >= 0.6 is 11.8 Å². The first kappa shape index (κ1) is 14.7. The molecule has 0 saturated carbocycles. The number of aryl methyl sites for hydroxylation is 1. The maximum Gasteiger partial charge on any atom is 0.259 e. The quantitative estimate of drug-likeness (QED) is 0.446. The third kappa shape index (κ3) is 3.49. The van der Waals surface area contributed by atoms with Crippen LogP contribution in [0.5, 0.6) is 5.75 Å². The van der Waals surface area contributed by atoms with Gasteiger partial charge in [0, 0.05) is 5.75 Å². The Kier molecular flexibility index (Phi) is 4.44. The molecule has 0 bridgehead atoms. The maximum absolute atomic E-state index is 11.9. The Bertz CT molecular complexity index is 828. The number of aromatic amines is 1. The number of nitrogens with one attached hydrogen (secondary N) is 1. The van der Waals surface area contributed by atoms with E-state index in [0.717, 1.165) is 11.5 Å². The van der Waals surface area contributed by atoms with Crippen molar-refractivity contribution in [1.29, 1.82) is 0 Å². The van der Waals surface area contributed by atoms with E-state index in [1.807, 2.05) is 49.4 Å². The molecule has 0 atom stereocenters. The van der Waals surface area contributed by atoms with Crippen molar-refractivity contribution < 1.29 is 4.74 Å². The number of para-hydroxylation sites is 1. The molecular weight excluding hydrogens is 296 g/mol. The van der Waals surface area contributed by atoms with E-state index < -0.39 is 0 Å². The predicted octanol–water partition coefficient (Wildman–Crippen LogP) is 3.40. The number of H-pyrrole nitrogens is 1. The third-order valence-electron chi connectivity index (χ3n) is 3.20. The standard InChI is InChI=1S/C17H16N2O2S/c1-12-6-8-13(9-7-12)21-10-11-22-17-18-15-5-3-2-4-14(15)16(20)19-17/h2-9H,10-11H2,1H3,(H,18,19,20). The van der Waals surface area contributed by atoms with Gasteiger partial charge in [-0.05, 0) is 31.2 Å². The van der Waals surface area contributed by atoms with Crippen molar-refractivity contribution in [2.75, 3.05) is 12.4 Å². The highest BCUT2D eigenvalue weighted by Crippen LogP contribution is 2.16. The summed E-state index contributed by atoms with van der Waals surface area (Å²) in [6, 6.07) is 15.3. The molecule has 1 N–H and O–H groups in total. The van der Waals surface area contributed by atoms with Gasteiger partial charge in [-0.1, -0.05) is 41.6 Å². The van der Waals surface area contributed by atoms with E-state index in [-0.39, 0.29) is 5.56 Å². The van der Waals surface area contributed by atoms with Gasteiger partial charge in [-0.3, -0.25) is 4.79 Å². The molecule has 1 heterocycles. The third-order valence-corrected chi connectivity index (χ3v) is 4.04. The molecule has 0 aliphatic carbocycles. The largest absolute Gasteiger partial charge is 0.493 e. The van der Waals surface area contributed by atoms with Crippen LogP contribution in [0.2, 0.25) is 0 Å². The summed E-state index contributed by atoms with van der Waals surface area (Å²) < 4.78 is 5.66. The summed E-state index contributed by atoms with van der Waals surface area (Å²) in [4.78, 5) is 19.2. The lowest BCUT2D eigenvalue weighted by atomic mass is 10.2. The zero-order chi connectivity index (χ0) is 15.4. The number of hydrogen-bond acceptors (Lipinski definition) is 4. The molecule has 0 unspecified atom stereocenters. The zero-order valence-corrected chi connectivity index (χ0v) is 13.0. The van der Waals surface area contributed by atoms with Crippen LogP contribution in [0.25, 0.3) is 10.9 Å². The summed E-state index contributed by atoms with van der Waals surface area (Å²) in [6.07, 6.45) is 0. The average Bonchev–Trinajstić information content (AvgIpc) is 2.53. The van der Waals surface area contributed by atoms with Gasteiger partial charge < -0.3 is 9.72 Å². The van der Waals surface area contributed by atoms with Gasteiger partial charge in [0.2, 0.25) is 0 Å². The fourth-order valence-corrected chi connectivity index (χ4v) is 2.75. The predicted molar refractivity (Wildman–Crippen MR) is 89.8 cm³/mol. The molecule has 112 valence electrons. The summed E-state index contributed by atoms with van der Waals surface area (Å²) in [6.45, 7) is 2.60. The molecule has 4 nitrogen and oxygen atoms in total. The van der Waals surface area contributed by atoms with E-state index in [9.17, 15) is 4.79 Å². The van der Waals surface area contributed by atoms with Crippen LogP contribution in [0.1, 0.15) is 5.56 Å². The number of fused-ring (bicyclic) bond motifs is 1. The van der Waals surface area contributed by atoms with Crippen LogP contribution in [-0.4, -0.2) is 22.3 Å². The van der Waals surface area contributed by atoms with Gasteiger partial charge in [-0.2, -0.15) is 0 Å². The van der Waals surface area contributed by atoms with Crippen molar-refractivity contribution in [1.82, 2.24) is 9.97 Å². The van der Waals surface area contributed by atoms with Gasteiger partial charge in [-0.25, -0.2) is 4.98 Å². The van der Waals surface area contributed by atoms with Gasteiger partial charge in [0.15, 0.2) is 5.16 Å². The Morgan fingerprint density at radius 3 is 2.73 bits per heavy atom. The first-order chi connectivity index (χ1) is 10.7. The molecule has 0 spiro atoms. The minimum absolute atomic E-state index is 0.104. The minimum atomic E-state index is -0.104. The highest BCUT2D eigenvalue weighted by Gasteiger charge is 2.03. The number of ether oxygens (including phenoxy) is 1. The van der Waals surface area contributed by atoms with Gasteiger partial charge in [0.25, 0.3) is 5.56 Å². The molecule has 0 aliphatic heterocycles. The second kappa shape index (κ2) is 6.66. The lowest BCUT2D eigenvalue weighted by Crippen LogP contribution is -2.10. The number of aromatic nitrogens is 2. The van der Waals surface area contributed by atoms with Gasteiger partial charge >= 0.3 is 0 Å². The van der Waals surface area contributed by atoms with E-state index in [2.05, 4.69) is 9.97 Å².